The molecule has 10 heteroatoms. The lowest BCUT2D eigenvalue weighted by Crippen LogP contribution is -2.44. The second kappa shape index (κ2) is 9.68. The minimum Gasteiger partial charge on any atom is -0.369 e. The Morgan fingerprint density at radius 1 is 1.15 bits per heavy atom. The van der Waals surface area contributed by atoms with Crippen LogP contribution in [0.2, 0.25) is 0 Å². The average Bonchev–Trinajstić information content (AvgIpc) is 3.34. The molecule has 34 heavy (non-hydrogen) atoms. The molecule has 3 aromatic rings. The minimum atomic E-state index is -0.0403. The van der Waals surface area contributed by atoms with Crippen molar-refractivity contribution in [3.63, 3.8) is 0 Å². The number of aromatic nitrogens is 4. The van der Waals surface area contributed by atoms with Crippen LogP contribution in [-0.4, -0.2) is 88.0 Å². The van der Waals surface area contributed by atoms with E-state index in [1.807, 2.05) is 4.90 Å². The van der Waals surface area contributed by atoms with Crippen molar-refractivity contribution in [2.24, 2.45) is 0 Å². The van der Waals surface area contributed by atoms with Crippen molar-refractivity contribution in [1.29, 1.82) is 0 Å². The van der Waals surface area contributed by atoms with Crippen molar-refractivity contribution in [2.75, 3.05) is 61.8 Å². The lowest BCUT2D eigenvalue weighted by molar-refractivity contribution is -0.127. The maximum Gasteiger partial charge on any atom is 0.246 e. The molecule has 2 saturated heterocycles. The molecule has 0 saturated carbocycles. The summed E-state index contributed by atoms with van der Waals surface area (Å²) in [5.74, 6) is 1.10. The third-order valence-electron chi connectivity index (χ3n) is 6.52. The van der Waals surface area contributed by atoms with Gasteiger partial charge in [0.1, 0.15) is 5.52 Å². The van der Waals surface area contributed by atoms with Crippen LogP contribution in [-0.2, 0) is 4.79 Å². The summed E-state index contributed by atoms with van der Waals surface area (Å²) in [6.45, 7) is 9.19. The summed E-state index contributed by atoms with van der Waals surface area (Å²) in [4.78, 5) is 35.4. The molecule has 1 aromatic carbocycles. The molecule has 10 nitrogen and oxygen atoms in total. The molecule has 2 fully saturated rings. The Bertz CT molecular complexity index is 1150. The summed E-state index contributed by atoms with van der Waals surface area (Å²) in [7, 11) is 2.16. The zero-order valence-electron chi connectivity index (χ0n) is 19.5. The Morgan fingerprint density at radius 3 is 2.71 bits per heavy atom. The standard InChI is InChI=1S/C24H31N9O/c1-3-20(34)33-10-4-5-18(15-33)27-23-21-22(26-16-25-21)29-24(30-23)28-17-6-8-19(9-7-17)32-13-11-31(2)12-14-32/h3,6-9,16,18H,1,4-5,10-15H2,2H3,(H3,25,26,27,28,29,30). The van der Waals surface area contributed by atoms with E-state index in [9.17, 15) is 4.79 Å². The largest absolute Gasteiger partial charge is 0.369 e. The Morgan fingerprint density at radius 2 is 1.94 bits per heavy atom. The van der Waals surface area contributed by atoms with Crippen LogP contribution in [0.5, 0.6) is 0 Å². The predicted octanol–water partition coefficient (Wildman–Crippen LogP) is 2.44. The Labute approximate surface area is 199 Å². The van der Waals surface area contributed by atoms with Crippen LogP contribution in [0, 0.1) is 0 Å². The molecule has 2 aromatic heterocycles. The van der Waals surface area contributed by atoms with Crippen molar-refractivity contribution < 1.29 is 4.79 Å². The first-order valence-electron chi connectivity index (χ1n) is 11.8. The monoisotopic (exact) mass is 461 g/mol. The molecule has 2 aliphatic heterocycles. The number of likely N-dealkylation sites (N-methyl/N-ethyl adjacent to an activating group) is 1. The van der Waals surface area contributed by atoms with Crippen LogP contribution in [0.15, 0.2) is 43.2 Å². The summed E-state index contributed by atoms with van der Waals surface area (Å²) in [6.07, 6.45) is 4.87. The van der Waals surface area contributed by atoms with Gasteiger partial charge in [0.05, 0.1) is 6.33 Å². The Kier molecular flexibility index (Phi) is 6.31. The number of rotatable bonds is 6. The number of carbonyl (C=O) groups is 1. The van der Waals surface area contributed by atoms with E-state index in [0.717, 1.165) is 51.3 Å². The smallest absolute Gasteiger partial charge is 0.246 e. The number of nitrogens with zero attached hydrogens (tertiary/aromatic N) is 6. The summed E-state index contributed by atoms with van der Waals surface area (Å²) < 4.78 is 0. The maximum atomic E-state index is 12.1. The van der Waals surface area contributed by atoms with Gasteiger partial charge in [0, 0.05) is 56.7 Å². The highest BCUT2D eigenvalue weighted by atomic mass is 16.2. The first kappa shape index (κ1) is 22.1. The number of carbonyl (C=O) groups excluding carboxylic acids is 1. The first-order chi connectivity index (χ1) is 16.6. The number of piperazine rings is 1. The number of piperidine rings is 1. The third-order valence-corrected chi connectivity index (χ3v) is 6.52. The molecule has 2 aliphatic rings. The van der Waals surface area contributed by atoms with Gasteiger partial charge in [-0.3, -0.25) is 4.79 Å². The predicted molar refractivity (Wildman–Crippen MR) is 135 cm³/mol. The molecule has 5 rings (SSSR count). The number of H-pyrrole nitrogens is 1. The number of amides is 1. The van der Waals surface area contributed by atoms with Crippen LogP contribution < -0.4 is 15.5 Å². The number of hydrogen-bond donors (Lipinski definition) is 3. The number of hydrogen-bond acceptors (Lipinski definition) is 8. The third kappa shape index (κ3) is 4.81. The molecular weight excluding hydrogens is 430 g/mol. The van der Waals surface area contributed by atoms with Gasteiger partial charge < -0.3 is 30.3 Å². The van der Waals surface area contributed by atoms with E-state index in [-0.39, 0.29) is 11.9 Å². The first-order valence-corrected chi connectivity index (χ1v) is 11.8. The number of nitrogens with one attached hydrogen (secondary N) is 3. The summed E-state index contributed by atoms with van der Waals surface area (Å²) in [6, 6.07) is 8.47. The van der Waals surface area contributed by atoms with E-state index in [0.29, 0.717) is 29.5 Å². The summed E-state index contributed by atoms with van der Waals surface area (Å²) in [5, 5.41) is 6.81. The topological polar surface area (TPSA) is 105 Å². The van der Waals surface area contributed by atoms with Crippen LogP contribution in [0.3, 0.4) is 0 Å². The summed E-state index contributed by atoms with van der Waals surface area (Å²) >= 11 is 0. The van der Waals surface area contributed by atoms with Gasteiger partial charge in [-0.15, -0.1) is 0 Å². The molecule has 0 spiro atoms. The fourth-order valence-corrected chi connectivity index (χ4v) is 4.56. The van der Waals surface area contributed by atoms with E-state index >= 15 is 0 Å². The minimum absolute atomic E-state index is 0.0403. The van der Waals surface area contributed by atoms with Crippen LogP contribution in [0.1, 0.15) is 12.8 Å². The molecule has 0 aliphatic carbocycles. The number of benzene rings is 1. The fourth-order valence-electron chi connectivity index (χ4n) is 4.56. The van der Waals surface area contributed by atoms with Gasteiger partial charge in [-0.25, -0.2) is 4.98 Å². The van der Waals surface area contributed by atoms with Gasteiger partial charge in [0.2, 0.25) is 11.9 Å². The van der Waals surface area contributed by atoms with Gasteiger partial charge in [0.25, 0.3) is 0 Å². The highest BCUT2D eigenvalue weighted by Crippen LogP contribution is 2.25. The normalized spacial score (nSPS) is 19.3. The van der Waals surface area contributed by atoms with E-state index in [2.05, 4.69) is 73.3 Å². The number of aromatic amines is 1. The van der Waals surface area contributed by atoms with E-state index < -0.39 is 0 Å². The van der Waals surface area contributed by atoms with E-state index in [1.54, 1.807) is 6.33 Å². The van der Waals surface area contributed by atoms with E-state index in [1.165, 1.54) is 11.8 Å². The van der Waals surface area contributed by atoms with Crippen molar-refractivity contribution in [3.05, 3.63) is 43.2 Å². The second-order valence-electron chi connectivity index (χ2n) is 8.93. The lowest BCUT2D eigenvalue weighted by atomic mass is 10.1. The number of fused-ring (bicyclic) bond motifs is 1. The number of anilines is 4. The van der Waals surface area contributed by atoms with Crippen LogP contribution in [0.25, 0.3) is 11.2 Å². The Balaban J connectivity index is 1.31. The molecule has 1 atom stereocenters. The lowest BCUT2D eigenvalue weighted by Gasteiger charge is -2.34. The van der Waals surface area contributed by atoms with E-state index in [4.69, 9.17) is 4.98 Å². The number of likely N-dealkylation sites (tertiary alicyclic amines) is 1. The summed E-state index contributed by atoms with van der Waals surface area (Å²) in [5.41, 5.74) is 3.48. The van der Waals surface area contributed by atoms with Crippen LogP contribution >= 0.6 is 0 Å². The molecule has 1 unspecified atom stereocenters. The van der Waals surface area contributed by atoms with Crippen LogP contribution in [0.4, 0.5) is 23.1 Å². The number of imidazole rings is 1. The molecular formula is C24H31N9O. The SMILES string of the molecule is C=CC(=O)N1CCCC(Nc2nc(Nc3ccc(N4CCN(C)CC4)cc3)nc3[nH]cnc23)C1. The Hall–Kier alpha value is -3.66. The van der Waals surface area contributed by atoms with Gasteiger partial charge in [0.15, 0.2) is 11.5 Å². The average molecular weight is 462 g/mol. The van der Waals surface area contributed by atoms with Gasteiger partial charge in [-0.2, -0.15) is 9.97 Å². The highest BCUT2D eigenvalue weighted by Gasteiger charge is 2.24. The molecule has 178 valence electrons. The zero-order chi connectivity index (χ0) is 23.5. The molecule has 0 bridgehead atoms. The van der Waals surface area contributed by atoms with Gasteiger partial charge >= 0.3 is 0 Å². The quantitative estimate of drug-likeness (QED) is 0.481. The second-order valence-corrected chi connectivity index (χ2v) is 8.93. The fraction of sp³-hybridized carbons (Fsp3) is 0.417. The molecule has 3 N–H and O–H groups in total. The maximum absolute atomic E-state index is 12.1. The van der Waals surface area contributed by atoms with Crippen molar-refractivity contribution in [2.45, 2.75) is 18.9 Å². The molecule has 1 amide bonds. The van der Waals surface area contributed by atoms with Gasteiger partial charge in [-0.1, -0.05) is 6.58 Å². The van der Waals surface area contributed by atoms with Gasteiger partial charge in [-0.05, 0) is 50.2 Å². The molecule has 0 radical (unpaired) electrons. The van der Waals surface area contributed by atoms with Crippen molar-refractivity contribution >= 4 is 40.2 Å². The van der Waals surface area contributed by atoms with Crippen molar-refractivity contribution in [1.82, 2.24) is 29.7 Å². The van der Waals surface area contributed by atoms with Crippen molar-refractivity contribution in [3.8, 4) is 0 Å². The zero-order valence-corrected chi connectivity index (χ0v) is 19.5. The highest BCUT2D eigenvalue weighted by molar-refractivity contribution is 5.87. The molecule has 4 heterocycles.